The van der Waals surface area contributed by atoms with Crippen molar-refractivity contribution in [3.8, 4) is 22.8 Å². The lowest BCUT2D eigenvalue weighted by Crippen LogP contribution is -2.12. The molecule has 3 rings (SSSR count). The van der Waals surface area contributed by atoms with Gasteiger partial charge in [-0.3, -0.25) is 4.79 Å². The van der Waals surface area contributed by atoms with Crippen LogP contribution in [0.4, 0.5) is 0 Å². The van der Waals surface area contributed by atoms with E-state index >= 15 is 0 Å². The molecular formula is C18H14I2O4. The Morgan fingerprint density at radius 2 is 1.67 bits per heavy atom. The molecule has 3 aromatic rings. The van der Waals surface area contributed by atoms with Crippen molar-refractivity contribution in [2.24, 2.45) is 0 Å². The van der Waals surface area contributed by atoms with Gasteiger partial charge in [0.1, 0.15) is 22.8 Å². The van der Waals surface area contributed by atoms with Crippen LogP contribution in [0.2, 0.25) is 0 Å². The average Bonchev–Trinajstić information content (AvgIpc) is 2.52. The molecule has 0 atom stereocenters. The molecule has 0 spiro atoms. The van der Waals surface area contributed by atoms with Gasteiger partial charge in [-0.2, -0.15) is 0 Å². The summed E-state index contributed by atoms with van der Waals surface area (Å²) in [6, 6.07) is 8.12. The lowest BCUT2D eigenvalue weighted by molar-refractivity contribution is 0.467. The monoisotopic (exact) mass is 548 g/mol. The molecule has 124 valence electrons. The van der Waals surface area contributed by atoms with Gasteiger partial charge in [-0.1, -0.05) is 13.8 Å². The van der Waals surface area contributed by atoms with E-state index in [-0.39, 0.29) is 22.8 Å². The Morgan fingerprint density at radius 1 is 1.04 bits per heavy atom. The van der Waals surface area contributed by atoms with Crippen molar-refractivity contribution < 1.29 is 14.6 Å². The van der Waals surface area contributed by atoms with E-state index in [1.54, 1.807) is 18.2 Å². The average molecular weight is 548 g/mol. The first-order chi connectivity index (χ1) is 11.3. The Bertz CT molecular complexity index is 983. The molecule has 1 aromatic heterocycles. The highest BCUT2D eigenvalue weighted by atomic mass is 127. The number of hydrogen-bond donors (Lipinski definition) is 2. The molecule has 0 aliphatic carbocycles. The molecule has 0 fully saturated rings. The lowest BCUT2D eigenvalue weighted by Gasteiger charge is -2.14. The largest absolute Gasteiger partial charge is 0.508 e. The maximum Gasteiger partial charge on any atom is 0.196 e. The maximum absolute atomic E-state index is 12.9. The SMILES string of the molecule is CC(C)c1c(-c2cc(I)c(O)c(I)c2)oc2ccc(O)cc2c1=O. The zero-order valence-corrected chi connectivity index (χ0v) is 17.2. The summed E-state index contributed by atoms with van der Waals surface area (Å²) >= 11 is 4.11. The van der Waals surface area contributed by atoms with Crippen LogP contribution in [-0.4, -0.2) is 10.2 Å². The van der Waals surface area contributed by atoms with Crippen LogP contribution in [0.5, 0.6) is 11.5 Å². The van der Waals surface area contributed by atoms with E-state index in [0.717, 1.165) is 5.56 Å². The fourth-order valence-electron chi connectivity index (χ4n) is 2.63. The van der Waals surface area contributed by atoms with Crippen LogP contribution in [0.15, 0.2) is 39.5 Å². The molecule has 4 nitrogen and oxygen atoms in total. The topological polar surface area (TPSA) is 70.7 Å². The number of fused-ring (bicyclic) bond motifs is 1. The minimum absolute atomic E-state index is 0.0333. The van der Waals surface area contributed by atoms with Gasteiger partial charge in [0.15, 0.2) is 5.43 Å². The van der Waals surface area contributed by atoms with Crippen molar-refractivity contribution in [3.05, 3.63) is 53.3 Å². The second-order valence-electron chi connectivity index (χ2n) is 5.80. The minimum atomic E-state index is -0.143. The Morgan fingerprint density at radius 3 is 2.25 bits per heavy atom. The first-order valence-corrected chi connectivity index (χ1v) is 9.43. The minimum Gasteiger partial charge on any atom is -0.508 e. The first kappa shape index (κ1) is 17.5. The van der Waals surface area contributed by atoms with Crippen molar-refractivity contribution in [1.29, 1.82) is 0 Å². The van der Waals surface area contributed by atoms with Gasteiger partial charge in [0.05, 0.1) is 12.5 Å². The van der Waals surface area contributed by atoms with Crippen molar-refractivity contribution in [2.45, 2.75) is 19.8 Å². The van der Waals surface area contributed by atoms with Gasteiger partial charge in [0, 0.05) is 11.1 Å². The van der Waals surface area contributed by atoms with Crippen LogP contribution in [0.25, 0.3) is 22.3 Å². The normalized spacial score (nSPS) is 11.4. The Labute approximate surface area is 165 Å². The molecule has 2 N–H and O–H groups in total. The van der Waals surface area contributed by atoms with Gasteiger partial charge in [-0.15, -0.1) is 0 Å². The van der Waals surface area contributed by atoms with Crippen molar-refractivity contribution in [3.63, 3.8) is 0 Å². The van der Waals surface area contributed by atoms with Gasteiger partial charge in [0.25, 0.3) is 0 Å². The highest BCUT2D eigenvalue weighted by Gasteiger charge is 2.20. The smallest absolute Gasteiger partial charge is 0.196 e. The van der Waals surface area contributed by atoms with Gasteiger partial charge < -0.3 is 14.6 Å². The van der Waals surface area contributed by atoms with Crippen LogP contribution in [-0.2, 0) is 0 Å². The summed E-state index contributed by atoms with van der Waals surface area (Å²) in [6.45, 7) is 3.86. The standard InChI is InChI=1S/C18H14I2O4/c1-8(2)15-16(22)11-7-10(21)3-4-14(11)24-18(15)9-5-12(19)17(23)13(20)6-9/h3-8,21,23H,1-2H3. The number of benzene rings is 2. The quantitative estimate of drug-likeness (QED) is 0.432. The van der Waals surface area contributed by atoms with Gasteiger partial charge in [-0.25, -0.2) is 0 Å². The highest BCUT2D eigenvalue weighted by Crippen LogP contribution is 2.36. The first-order valence-electron chi connectivity index (χ1n) is 7.27. The molecule has 0 radical (unpaired) electrons. The third-order valence-electron chi connectivity index (χ3n) is 3.77. The fourth-order valence-corrected chi connectivity index (χ4v) is 4.40. The molecule has 6 heteroatoms. The van der Waals surface area contributed by atoms with E-state index in [2.05, 4.69) is 45.2 Å². The summed E-state index contributed by atoms with van der Waals surface area (Å²) < 4.78 is 7.41. The van der Waals surface area contributed by atoms with Crippen molar-refractivity contribution >= 4 is 56.2 Å². The van der Waals surface area contributed by atoms with Crippen LogP contribution >= 0.6 is 45.2 Å². The van der Waals surface area contributed by atoms with Gasteiger partial charge in [-0.05, 0) is 81.4 Å². The van der Waals surface area contributed by atoms with Gasteiger partial charge in [0.2, 0.25) is 0 Å². The molecular weight excluding hydrogens is 534 g/mol. The molecule has 0 aliphatic rings. The molecule has 0 aliphatic heterocycles. The predicted molar refractivity (Wildman–Crippen MR) is 111 cm³/mol. The number of rotatable bonds is 2. The molecule has 2 aromatic carbocycles. The molecule has 1 heterocycles. The second-order valence-corrected chi connectivity index (χ2v) is 8.12. The molecule has 24 heavy (non-hydrogen) atoms. The number of aromatic hydroxyl groups is 2. The predicted octanol–water partition coefficient (Wildman–Crippen LogP) is 5.20. The third-order valence-corrected chi connectivity index (χ3v) is 5.41. The number of halogens is 2. The highest BCUT2D eigenvalue weighted by molar-refractivity contribution is 14.1. The number of hydrogen-bond acceptors (Lipinski definition) is 4. The van der Waals surface area contributed by atoms with E-state index in [1.165, 1.54) is 12.1 Å². The summed E-state index contributed by atoms with van der Waals surface area (Å²) in [5.74, 6) is 0.709. The molecule has 0 bridgehead atoms. The summed E-state index contributed by atoms with van der Waals surface area (Å²) in [5, 5.41) is 20.0. The third kappa shape index (κ3) is 3.01. The summed E-state index contributed by atoms with van der Waals surface area (Å²) in [4.78, 5) is 12.9. The molecule has 0 saturated heterocycles. The Kier molecular flexibility index (Phi) is 4.78. The van der Waals surface area contributed by atoms with E-state index in [1.807, 2.05) is 13.8 Å². The van der Waals surface area contributed by atoms with Crippen LogP contribution in [0.1, 0.15) is 25.3 Å². The Hall–Kier alpha value is -1.29. The Balaban J connectivity index is 2.41. The second kappa shape index (κ2) is 6.55. The van der Waals surface area contributed by atoms with Crippen molar-refractivity contribution in [1.82, 2.24) is 0 Å². The van der Waals surface area contributed by atoms with E-state index in [4.69, 9.17) is 4.42 Å². The summed E-state index contributed by atoms with van der Waals surface area (Å²) in [7, 11) is 0. The fraction of sp³-hybridized carbons (Fsp3) is 0.167. The van der Waals surface area contributed by atoms with Crippen molar-refractivity contribution in [2.75, 3.05) is 0 Å². The lowest BCUT2D eigenvalue weighted by atomic mass is 9.96. The van der Waals surface area contributed by atoms with Crippen LogP contribution in [0.3, 0.4) is 0 Å². The van der Waals surface area contributed by atoms with Crippen LogP contribution < -0.4 is 5.43 Å². The molecule has 0 saturated carbocycles. The maximum atomic E-state index is 12.9. The van der Waals surface area contributed by atoms with Gasteiger partial charge >= 0.3 is 0 Å². The zero-order valence-electron chi connectivity index (χ0n) is 12.9. The van der Waals surface area contributed by atoms with Crippen LogP contribution in [0, 0.1) is 7.14 Å². The molecule has 0 unspecified atom stereocenters. The van der Waals surface area contributed by atoms with E-state index in [9.17, 15) is 15.0 Å². The van der Waals surface area contributed by atoms with E-state index in [0.29, 0.717) is 29.4 Å². The number of phenolic OH excluding ortho intramolecular Hbond substituents is 2. The molecule has 0 amide bonds. The van der Waals surface area contributed by atoms with E-state index < -0.39 is 0 Å². The summed E-state index contributed by atoms with van der Waals surface area (Å²) in [6.07, 6.45) is 0. The summed E-state index contributed by atoms with van der Waals surface area (Å²) in [5.41, 5.74) is 1.59. The number of phenols is 2. The zero-order chi connectivity index (χ0) is 17.6.